The summed E-state index contributed by atoms with van der Waals surface area (Å²) in [5.41, 5.74) is 11.6. The second kappa shape index (κ2) is 21.4. The molecule has 0 unspecified atom stereocenters. The summed E-state index contributed by atoms with van der Waals surface area (Å²) in [6, 6.07) is 0. The molecule has 0 rings (SSSR count). The Morgan fingerprint density at radius 1 is 0.333 bits per heavy atom. The van der Waals surface area contributed by atoms with Crippen molar-refractivity contribution >= 4 is 49.9 Å². The topological polar surface area (TPSA) is 27.7 Å². The maximum absolute atomic E-state index is 5.97. The molecular formula is C24H54O3Pt3Si6. The Bertz CT molecular complexity index is 555. The van der Waals surface area contributed by atoms with Crippen molar-refractivity contribution in [1.29, 1.82) is 0 Å². The molecule has 0 aromatic carbocycles. The van der Waals surface area contributed by atoms with E-state index in [0.29, 0.717) is 0 Å². The van der Waals surface area contributed by atoms with Gasteiger partial charge in [0.05, 0.1) is 0 Å². The Morgan fingerprint density at radius 2 is 0.444 bits per heavy atom. The zero-order valence-corrected chi connectivity index (χ0v) is 37.7. The van der Waals surface area contributed by atoms with Gasteiger partial charge in [-0.05, 0) is 78.6 Å². The van der Waals surface area contributed by atoms with Gasteiger partial charge in [0.15, 0.2) is 25.0 Å². The number of hydrogen-bond acceptors (Lipinski definition) is 3. The van der Waals surface area contributed by atoms with Crippen molar-refractivity contribution in [3.63, 3.8) is 0 Å². The van der Waals surface area contributed by atoms with E-state index >= 15 is 0 Å². The molecule has 12 heteroatoms. The van der Waals surface area contributed by atoms with Crippen molar-refractivity contribution in [3.05, 3.63) is 73.7 Å². The Labute approximate surface area is 275 Å². The predicted octanol–water partition coefficient (Wildman–Crippen LogP) is 8.58. The third-order valence-corrected chi connectivity index (χ3v) is 21.5. The molecule has 0 amide bonds. The third kappa shape index (κ3) is 30.2. The van der Waals surface area contributed by atoms with Gasteiger partial charge in [0, 0.05) is 63.2 Å². The first-order chi connectivity index (χ1) is 14.5. The molecule has 0 radical (unpaired) electrons. The van der Waals surface area contributed by atoms with Crippen molar-refractivity contribution in [2.75, 3.05) is 0 Å². The first kappa shape index (κ1) is 50.5. The normalized spacial score (nSPS) is 11.7. The molecule has 0 aromatic rings. The van der Waals surface area contributed by atoms with E-state index in [2.05, 4.69) is 118 Å². The molecule has 222 valence electrons. The Morgan fingerprint density at radius 3 is 0.472 bits per heavy atom. The van der Waals surface area contributed by atoms with Gasteiger partial charge in [-0.25, -0.2) is 0 Å². The standard InChI is InChI=1S/3C8H18OSi2.3Pt/c3*1-7-11(6,8-2)9-10(3,4)5;;;/h3*7-8H,1-2H2,3-6H3;;;. The molecule has 0 aliphatic carbocycles. The van der Waals surface area contributed by atoms with E-state index in [0.717, 1.165) is 0 Å². The van der Waals surface area contributed by atoms with Crippen LogP contribution in [0.25, 0.3) is 0 Å². The fourth-order valence-corrected chi connectivity index (χ4v) is 20.8. The van der Waals surface area contributed by atoms with Crippen molar-refractivity contribution in [2.24, 2.45) is 0 Å². The molecule has 0 atom stereocenters. The van der Waals surface area contributed by atoms with Crippen LogP contribution < -0.4 is 0 Å². The van der Waals surface area contributed by atoms with E-state index in [-0.39, 0.29) is 63.2 Å². The molecule has 36 heavy (non-hydrogen) atoms. The molecule has 0 fully saturated rings. The van der Waals surface area contributed by atoms with Gasteiger partial charge < -0.3 is 12.3 Å². The van der Waals surface area contributed by atoms with Gasteiger partial charge in [-0.1, -0.05) is 34.2 Å². The quantitative estimate of drug-likeness (QED) is 0.184. The minimum atomic E-state index is -1.74. The molecular weight excluding hydrogens is 1090 g/mol. The monoisotopic (exact) mass is 1140 g/mol. The molecule has 0 saturated carbocycles. The summed E-state index contributed by atoms with van der Waals surface area (Å²) < 4.78 is 17.9. The van der Waals surface area contributed by atoms with Crippen LogP contribution in [-0.4, -0.2) is 49.9 Å². The summed E-state index contributed by atoms with van der Waals surface area (Å²) in [5.74, 6) is 0. The van der Waals surface area contributed by atoms with E-state index < -0.39 is 49.9 Å². The van der Waals surface area contributed by atoms with Crippen LogP contribution in [0.4, 0.5) is 0 Å². The molecule has 0 N–H and O–H groups in total. The van der Waals surface area contributed by atoms with Gasteiger partial charge in [-0.15, -0.1) is 39.5 Å². The fraction of sp³-hybridized carbons (Fsp3) is 0.500. The van der Waals surface area contributed by atoms with Crippen molar-refractivity contribution in [2.45, 2.75) is 78.6 Å². The minimum absolute atomic E-state index is 0. The Hall–Kier alpha value is 1.69. The molecule has 0 heterocycles. The van der Waals surface area contributed by atoms with Gasteiger partial charge in [0.1, 0.15) is 0 Å². The van der Waals surface area contributed by atoms with Gasteiger partial charge in [0.2, 0.25) is 25.0 Å². The second-order valence-corrected chi connectivity index (χ2v) is 36.1. The van der Waals surface area contributed by atoms with Crippen LogP contribution in [0.2, 0.25) is 78.6 Å². The summed E-state index contributed by atoms with van der Waals surface area (Å²) in [6.07, 6.45) is 0. The summed E-state index contributed by atoms with van der Waals surface area (Å²) in [4.78, 5) is 0. The molecule has 0 spiro atoms. The average Bonchev–Trinajstić information content (AvgIpc) is 2.65. The van der Waals surface area contributed by atoms with Crippen LogP contribution >= 0.6 is 0 Å². The van der Waals surface area contributed by atoms with Gasteiger partial charge in [-0.2, -0.15) is 0 Å². The van der Waals surface area contributed by atoms with Crippen LogP contribution in [0.15, 0.2) is 73.7 Å². The van der Waals surface area contributed by atoms with E-state index in [1.165, 1.54) is 0 Å². The molecule has 3 nitrogen and oxygen atoms in total. The smallest absolute Gasteiger partial charge is 0.226 e. The van der Waals surface area contributed by atoms with E-state index in [1.807, 2.05) is 34.2 Å². The molecule has 0 saturated heterocycles. The van der Waals surface area contributed by atoms with E-state index in [1.54, 1.807) is 0 Å². The van der Waals surface area contributed by atoms with Crippen LogP contribution in [0, 0.1) is 0 Å². The Balaban J connectivity index is -0.0000000900. The Kier molecular flexibility index (Phi) is 30.1. The number of rotatable bonds is 12. The molecule has 0 bridgehead atoms. The predicted molar refractivity (Wildman–Crippen MR) is 169 cm³/mol. The van der Waals surface area contributed by atoms with Crippen molar-refractivity contribution in [3.8, 4) is 0 Å². The summed E-state index contributed by atoms with van der Waals surface area (Å²) in [5, 5.41) is 0. The van der Waals surface area contributed by atoms with E-state index in [4.69, 9.17) is 12.3 Å². The second-order valence-electron chi connectivity index (χ2n) is 11.4. The third-order valence-electron chi connectivity index (χ3n) is 4.01. The number of hydrogen-bond donors (Lipinski definition) is 0. The first-order valence-electron chi connectivity index (χ1n) is 11.4. The maximum atomic E-state index is 5.97. The van der Waals surface area contributed by atoms with E-state index in [9.17, 15) is 0 Å². The summed E-state index contributed by atoms with van der Waals surface area (Å²) >= 11 is 0. The fourth-order valence-electron chi connectivity index (χ4n) is 2.48. The largest absolute Gasteiger partial charge is 0.450 e. The molecule has 0 aliphatic rings. The molecule has 0 aromatic heterocycles. The van der Waals surface area contributed by atoms with Crippen LogP contribution in [0.5, 0.6) is 0 Å². The molecule has 0 aliphatic heterocycles. The van der Waals surface area contributed by atoms with Crippen LogP contribution in [-0.2, 0) is 75.5 Å². The van der Waals surface area contributed by atoms with Crippen molar-refractivity contribution in [1.82, 2.24) is 0 Å². The maximum Gasteiger partial charge on any atom is 0.226 e. The van der Waals surface area contributed by atoms with Gasteiger partial charge >= 0.3 is 0 Å². The minimum Gasteiger partial charge on any atom is -0.450 e. The van der Waals surface area contributed by atoms with Crippen LogP contribution in [0.1, 0.15) is 0 Å². The summed E-state index contributed by atoms with van der Waals surface area (Å²) in [7, 11) is -9.48. The average molecular weight is 1140 g/mol. The zero-order chi connectivity index (χ0) is 27.4. The van der Waals surface area contributed by atoms with Crippen LogP contribution in [0.3, 0.4) is 0 Å². The van der Waals surface area contributed by atoms with Gasteiger partial charge in [-0.3, -0.25) is 0 Å². The van der Waals surface area contributed by atoms with Crippen molar-refractivity contribution < 1.29 is 75.5 Å². The SMILES string of the molecule is C=C[Si](C)(C=C)O[Si](C)(C)C.C=C[Si](C)(C=C)O[Si](C)(C)C.C=C[Si](C)(C=C)O[Si](C)(C)C.[Pt].[Pt].[Pt]. The summed E-state index contributed by atoms with van der Waals surface area (Å²) in [6.45, 7) is 48.7. The first-order valence-corrected chi connectivity index (χ1v) is 29.3. The van der Waals surface area contributed by atoms with Gasteiger partial charge in [0.25, 0.3) is 0 Å². The zero-order valence-electron chi connectivity index (χ0n) is 24.9.